The summed E-state index contributed by atoms with van der Waals surface area (Å²) in [7, 11) is -0.539. The number of rotatable bonds is 6. The molecule has 3 rings (SSSR count). The summed E-state index contributed by atoms with van der Waals surface area (Å²) in [4.78, 5) is 11.7. The first kappa shape index (κ1) is 19.1. The van der Waals surface area contributed by atoms with Crippen LogP contribution >= 0.6 is 0 Å². The zero-order valence-electron chi connectivity index (χ0n) is 15.5. The molecule has 0 bridgehead atoms. The van der Waals surface area contributed by atoms with Gasteiger partial charge in [0.15, 0.2) is 5.78 Å². The number of Topliss-reactive ketones (excluding diaryl/α,β-unsaturated/α-hetero) is 1. The van der Waals surface area contributed by atoms with Crippen LogP contribution in [0.4, 0.5) is 0 Å². The van der Waals surface area contributed by atoms with E-state index in [-0.39, 0.29) is 17.2 Å². The van der Waals surface area contributed by atoms with Crippen molar-refractivity contribution in [2.24, 2.45) is 0 Å². The van der Waals surface area contributed by atoms with Crippen molar-refractivity contribution in [3.63, 3.8) is 0 Å². The van der Waals surface area contributed by atoms with Crippen LogP contribution in [0.25, 0.3) is 10.8 Å². The minimum absolute atomic E-state index is 0.114. The highest BCUT2D eigenvalue weighted by Gasteiger charge is 2.21. The second-order valence-corrected chi connectivity index (χ2v) is 8.44. The summed E-state index contributed by atoms with van der Waals surface area (Å²) in [6.07, 6.45) is 0. The molecule has 3 aromatic rings. The van der Waals surface area contributed by atoms with Gasteiger partial charge in [-0.3, -0.25) is 4.79 Å². The number of carbonyl (C=O) groups is 1. The van der Waals surface area contributed by atoms with Crippen molar-refractivity contribution >= 4 is 26.6 Å². The minimum atomic E-state index is -3.70. The van der Waals surface area contributed by atoms with Gasteiger partial charge in [0.1, 0.15) is 5.75 Å². The molecule has 0 heterocycles. The standard InChI is InChI=1S/C21H21NO4S/c1-15(23)17-5-4-6-21(13-17)27(24,25)22(2)14-16-7-8-19-12-20(26-3)10-9-18(19)11-16/h4-13H,14H2,1-3H3. The summed E-state index contributed by atoms with van der Waals surface area (Å²) in [5.41, 5.74) is 1.26. The van der Waals surface area contributed by atoms with E-state index in [9.17, 15) is 13.2 Å². The maximum absolute atomic E-state index is 12.9. The first-order valence-corrected chi connectivity index (χ1v) is 9.89. The van der Waals surface area contributed by atoms with Gasteiger partial charge < -0.3 is 4.74 Å². The summed E-state index contributed by atoms with van der Waals surface area (Å²) < 4.78 is 32.2. The van der Waals surface area contributed by atoms with Crippen LogP contribution < -0.4 is 4.74 Å². The second-order valence-electron chi connectivity index (χ2n) is 6.39. The van der Waals surface area contributed by atoms with E-state index in [0.717, 1.165) is 22.1 Å². The number of hydrogen-bond acceptors (Lipinski definition) is 4. The molecule has 6 heteroatoms. The van der Waals surface area contributed by atoms with Gasteiger partial charge >= 0.3 is 0 Å². The number of ether oxygens (including phenoxy) is 1. The molecule has 0 amide bonds. The third kappa shape index (κ3) is 4.02. The average Bonchev–Trinajstić information content (AvgIpc) is 2.67. The van der Waals surface area contributed by atoms with Crippen LogP contribution in [0.15, 0.2) is 65.6 Å². The molecule has 0 saturated carbocycles. The Morgan fingerprint density at radius 1 is 1.00 bits per heavy atom. The molecule has 27 heavy (non-hydrogen) atoms. The molecule has 0 aliphatic carbocycles. The Balaban J connectivity index is 1.87. The van der Waals surface area contributed by atoms with Crippen LogP contribution in [0, 0.1) is 0 Å². The molecule has 3 aromatic carbocycles. The molecule has 0 aliphatic rings. The van der Waals surface area contributed by atoms with E-state index < -0.39 is 10.0 Å². The fourth-order valence-corrected chi connectivity index (χ4v) is 4.10. The van der Waals surface area contributed by atoms with Crippen LogP contribution in [0.5, 0.6) is 5.75 Å². The summed E-state index contributed by atoms with van der Waals surface area (Å²) in [6.45, 7) is 1.65. The monoisotopic (exact) mass is 383 g/mol. The molecule has 140 valence electrons. The molecule has 0 aromatic heterocycles. The van der Waals surface area contributed by atoms with Crippen molar-refractivity contribution in [2.45, 2.75) is 18.4 Å². The average molecular weight is 383 g/mol. The Morgan fingerprint density at radius 2 is 1.70 bits per heavy atom. The van der Waals surface area contributed by atoms with Gasteiger partial charge in [0, 0.05) is 19.2 Å². The number of nitrogens with zero attached hydrogens (tertiary/aromatic N) is 1. The molecule has 5 nitrogen and oxygen atoms in total. The van der Waals surface area contributed by atoms with E-state index >= 15 is 0 Å². The van der Waals surface area contributed by atoms with Crippen molar-refractivity contribution in [3.8, 4) is 5.75 Å². The number of methoxy groups -OCH3 is 1. The predicted octanol–water partition coefficient (Wildman–Crippen LogP) is 3.87. The van der Waals surface area contributed by atoms with Crippen LogP contribution in [0.3, 0.4) is 0 Å². The summed E-state index contributed by atoms with van der Waals surface area (Å²) in [5.74, 6) is 0.611. The number of ketones is 1. The molecule has 0 spiro atoms. The Bertz CT molecular complexity index is 1110. The zero-order valence-corrected chi connectivity index (χ0v) is 16.3. The van der Waals surface area contributed by atoms with Crippen LogP contribution in [0.2, 0.25) is 0 Å². The van der Waals surface area contributed by atoms with E-state index in [2.05, 4.69) is 0 Å². The number of sulfonamides is 1. The SMILES string of the molecule is COc1ccc2cc(CN(C)S(=O)(=O)c3cccc(C(C)=O)c3)ccc2c1. The maximum Gasteiger partial charge on any atom is 0.243 e. The highest BCUT2D eigenvalue weighted by molar-refractivity contribution is 7.89. The summed E-state index contributed by atoms with van der Waals surface area (Å²) in [6, 6.07) is 17.7. The third-order valence-corrected chi connectivity index (χ3v) is 6.27. The van der Waals surface area contributed by atoms with E-state index in [0.29, 0.717) is 5.56 Å². The Hall–Kier alpha value is -2.70. The molecular formula is C21H21NO4S. The van der Waals surface area contributed by atoms with Crippen molar-refractivity contribution in [2.75, 3.05) is 14.2 Å². The number of carbonyl (C=O) groups excluding carboxylic acids is 1. The maximum atomic E-state index is 12.9. The van der Waals surface area contributed by atoms with E-state index in [1.807, 2.05) is 36.4 Å². The fraction of sp³-hybridized carbons (Fsp3) is 0.190. The third-order valence-electron chi connectivity index (χ3n) is 4.47. The number of fused-ring (bicyclic) bond motifs is 1. The van der Waals surface area contributed by atoms with Crippen LogP contribution in [0.1, 0.15) is 22.8 Å². The van der Waals surface area contributed by atoms with Gasteiger partial charge in [-0.1, -0.05) is 30.3 Å². The van der Waals surface area contributed by atoms with Gasteiger partial charge in [0.2, 0.25) is 10.0 Å². The summed E-state index contributed by atoms with van der Waals surface area (Å²) >= 11 is 0. The first-order valence-electron chi connectivity index (χ1n) is 8.45. The Kier molecular flexibility index (Phi) is 5.30. The Morgan fingerprint density at radius 3 is 2.41 bits per heavy atom. The number of hydrogen-bond donors (Lipinski definition) is 0. The highest BCUT2D eigenvalue weighted by atomic mass is 32.2. The lowest BCUT2D eigenvalue weighted by Crippen LogP contribution is -2.26. The van der Waals surface area contributed by atoms with Crippen molar-refractivity contribution in [3.05, 3.63) is 71.8 Å². The normalized spacial score (nSPS) is 11.7. The lowest BCUT2D eigenvalue weighted by molar-refractivity contribution is 0.101. The summed E-state index contributed by atoms with van der Waals surface area (Å²) in [5, 5.41) is 2.04. The molecule has 0 saturated heterocycles. The number of benzene rings is 3. The molecule has 0 radical (unpaired) electrons. The second kappa shape index (κ2) is 7.50. The van der Waals surface area contributed by atoms with Crippen molar-refractivity contribution in [1.29, 1.82) is 0 Å². The topological polar surface area (TPSA) is 63.7 Å². The Labute approximate surface area is 159 Å². The lowest BCUT2D eigenvalue weighted by Gasteiger charge is -2.18. The van der Waals surface area contributed by atoms with E-state index in [4.69, 9.17) is 4.74 Å². The predicted molar refractivity (Wildman–Crippen MR) is 106 cm³/mol. The molecule has 0 N–H and O–H groups in total. The van der Waals surface area contributed by atoms with Gasteiger partial charge in [0.25, 0.3) is 0 Å². The van der Waals surface area contributed by atoms with Gasteiger partial charge in [-0.2, -0.15) is 4.31 Å². The van der Waals surface area contributed by atoms with Crippen LogP contribution in [-0.2, 0) is 16.6 Å². The van der Waals surface area contributed by atoms with Gasteiger partial charge in [0.05, 0.1) is 12.0 Å². The van der Waals surface area contributed by atoms with Gasteiger partial charge in [-0.15, -0.1) is 0 Å². The van der Waals surface area contributed by atoms with Crippen molar-refractivity contribution < 1.29 is 17.9 Å². The highest BCUT2D eigenvalue weighted by Crippen LogP contribution is 2.24. The van der Waals surface area contributed by atoms with Gasteiger partial charge in [-0.25, -0.2) is 8.42 Å². The first-order chi connectivity index (χ1) is 12.8. The molecule has 0 atom stereocenters. The smallest absolute Gasteiger partial charge is 0.243 e. The fourth-order valence-electron chi connectivity index (χ4n) is 2.90. The van der Waals surface area contributed by atoms with E-state index in [1.54, 1.807) is 19.2 Å². The van der Waals surface area contributed by atoms with Gasteiger partial charge in [-0.05, 0) is 53.6 Å². The minimum Gasteiger partial charge on any atom is -0.497 e. The molecular weight excluding hydrogens is 362 g/mol. The molecule has 0 unspecified atom stereocenters. The zero-order chi connectivity index (χ0) is 19.6. The quantitative estimate of drug-likeness (QED) is 0.606. The molecule has 0 aliphatic heterocycles. The lowest BCUT2D eigenvalue weighted by atomic mass is 10.1. The van der Waals surface area contributed by atoms with Crippen molar-refractivity contribution in [1.82, 2.24) is 4.31 Å². The largest absolute Gasteiger partial charge is 0.497 e. The van der Waals surface area contributed by atoms with E-state index in [1.165, 1.54) is 30.4 Å². The molecule has 0 fully saturated rings. The van der Waals surface area contributed by atoms with Crippen LogP contribution in [-0.4, -0.2) is 32.7 Å².